The van der Waals surface area contributed by atoms with Gasteiger partial charge in [0, 0.05) is 35.7 Å². The molecule has 26 heavy (non-hydrogen) atoms. The minimum Gasteiger partial charge on any atom is -0.395 e. The van der Waals surface area contributed by atoms with Gasteiger partial charge in [-0.15, -0.1) is 0 Å². The molecule has 2 saturated carbocycles. The number of hydrogen-bond donors (Lipinski definition) is 2. The van der Waals surface area contributed by atoms with Crippen LogP contribution in [0.5, 0.6) is 0 Å². The molecule has 2 N–H and O–H groups in total. The average molecular weight is 405 g/mol. The summed E-state index contributed by atoms with van der Waals surface area (Å²) in [5, 5.41) is 18.6. The van der Waals surface area contributed by atoms with Gasteiger partial charge in [0.2, 0.25) is 0 Å². The van der Waals surface area contributed by atoms with Crippen LogP contribution in [-0.2, 0) is 0 Å². The van der Waals surface area contributed by atoms with Crippen molar-refractivity contribution in [3.8, 4) is 0 Å². The molecule has 0 aromatic carbocycles. The molecule has 4 nitrogen and oxygen atoms in total. The minimum atomic E-state index is 0.250. The molecular weight excluding hydrogens is 364 g/mol. The first-order valence-corrected chi connectivity index (χ1v) is 12.6. The van der Waals surface area contributed by atoms with Gasteiger partial charge in [0.1, 0.15) is 0 Å². The Morgan fingerprint density at radius 1 is 0.654 bits per heavy atom. The summed E-state index contributed by atoms with van der Waals surface area (Å²) in [5.41, 5.74) is 0. The van der Waals surface area contributed by atoms with Gasteiger partial charge in [0.15, 0.2) is 0 Å². The molecule has 6 heteroatoms. The highest BCUT2D eigenvalue weighted by Gasteiger charge is 2.40. The maximum atomic E-state index is 9.29. The van der Waals surface area contributed by atoms with E-state index >= 15 is 0 Å². The highest BCUT2D eigenvalue weighted by molar-refractivity contribution is 8.77. The Morgan fingerprint density at radius 3 is 1.31 bits per heavy atom. The van der Waals surface area contributed by atoms with E-state index in [1.807, 2.05) is 0 Å². The summed E-state index contributed by atoms with van der Waals surface area (Å²) in [4.78, 5) is 4.65. The Morgan fingerprint density at radius 2 is 1.00 bits per heavy atom. The summed E-state index contributed by atoms with van der Waals surface area (Å²) in [6, 6.07) is 0. The first-order chi connectivity index (χ1) is 12.5. The highest BCUT2D eigenvalue weighted by atomic mass is 33.1. The molecule has 0 radical (unpaired) electrons. The molecule has 0 aromatic rings. The zero-order valence-electron chi connectivity index (χ0n) is 16.9. The zero-order chi connectivity index (χ0) is 18.9. The molecule has 2 aliphatic rings. The fourth-order valence-electron chi connectivity index (χ4n) is 4.59. The van der Waals surface area contributed by atoms with E-state index in [1.165, 1.54) is 64.2 Å². The van der Waals surface area contributed by atoms with Crippen LogP contribution in [0.4, 0.5) is 0 Å². The van der Waals surface area contributed by atoms with Crippen molar-refractivity contribution in [2.75, 3.05) is 53.5 Å². The van der Waals surface area contributed by atoms with E-state index in [1.54, 1.807) is 0 Å². The first kappa shape index (κ1) is 22.8. The van der Waals surface area contributed by atoms with Gasteiger partial charge in [-0.3, -0.25) is 0 Å². The smallest absolute Gasteiger partial charge is 0.0558 e. The van der Waals surface area contributed by atoms with Gasteiger partial charge < -0.3 is 20.0 Å². The number of likely N-dealkylation sites (N-methyl/N-ethyl adjacent to an activating group) is 2. The van der Waals surface area contributed by atoms with E-state index < -0.39 is 0 Å². The second-order valence-corrected chi connectivity index (χ2v) is 11.6. The van der Waals surface area contributed by atoms with Crippen LogP contribution >= 0.6 is 21.6 Å². The minimum absolute atomic E-state index is 0.250. The van der Waals surface area contributed by atoms with Crippen LogP contribution in [0.2, 0.25) is 0 Å². The van der Waals surface area contributed by atoms with Crippen LogP contribution < -0.4 is 0 Å². The van der Waals surface area contributed by atoms with Gasteiger partial charge >= 0.3 is 0 Å². The van der Waals surface area contributed by atoms with Crippen molar-refractivity contribution in [2.45, 2.75) is 73.7 Å². The van der Waals surface area contributed by atoms with E-state index in [0.29, 0.717) is 9.49 Å². The van der Waals surface area contributed by atoms with Gasteiger partial charge in [0.05, 0.1) is 13.2 Å². The molecule has 0 bridgehead atoms. The van der Waals surface area contributed by atoms with Crippen LogP contribution in [0.1, 0.15) is 64.2 Å². The summed E-state index contributed by atoms with van der Waals surface area (Å²) in [6.45, 7) is 4.23. The maximum Gasteiger partial charge on any atom is 0.0558 e. The van der Waals surface area contributed by atoms with E-state index in [9.17, 15) is 10.2 Å². The van der Waals surface area contributed by atoms with Crippen LogP contribution in [0.15, 0.2) is 0 Å². The van der Waals surface area contributed by atoms with Crippen molar-refractivity contribution in [1.29, 1.82) is 0 Å². The second-order valence-electron chi connectivity index (χ2n) is 8.58. The second kappa shape index (κ2) is 11.5. The number of hydrogen-bond acceptors (Lipinski definition) is 6. The third-order valence-electron chi connectivity index (χ3n) is 6.00. The Kier molecular flexibility index (Phi) is 10.1. The lowest BCUT2D eigenvalue weighted by molar-refractivity contribution is 0.196. The lowest BCUT2D eigenvalue weighted by Gasteiger charge is -2.44. The number of rotatable bonds is 11. The van der Waals surface area contributed by atoms with Crippen molar-refractivity contribution in [1.82, 2.24) is 9.80 Å². The molecule has 0 atom stereocenters. The van der Waals surface area contributed by atoms with Crippen molar-refractivity contribution in [3.63, 3.8) is 0 Å². The van der Waals surface area contributed by atoms with Crippen molar-refractivity contribution < 1.29 is 10.2 Å². The Labute approximate surface area is 168 Å². The summed E-state index contributed by atoms with van der Waals surface area (Å²) in [7, 11) is 8.65. The lowest BCUT2D eigenvalue weighted by atomic mass is 9.88. The summed E-state index contributed by atoms with van der Waals surface area (Å²) < 4.78 is 0.680. The molecule has 0 aliphatic heterocycles. The van der Waals surface area contributed by atoms with Crippen molar-refractivity contribution in [2.24, 2.45) is 0 Å². The molecular formula is C20H40N2O2S2. The molecule has 0 unspecified atom stereocenters. The first-order valence-electron chi connectivity index (χ1n) is 10.5. The van der Waals surface area contributed by atoms with E-state index in [-0.39, 0.29) is 13.2 Å². The number of aliphatic hydroxyl groups is 2. The summed E-state index contributed by atoms with van der Waals surface area (Å²) in [5.74, 6) is 0. The Bertz CT molecular complexity index is 350. The number of nitrogens with zero attached hydrogens (tertiary/aromatic N) is 2. The van der Waals surface area contributed by atoms with Gasteiger partial charge in [-0.2, -0.15) is 0 Å². The van der Waals surface area contributed by atoms with Gasteiger partial charge in [0.25, 0.3) is 0 Å². The van der Waals surface area contributed by atoms with Crippen LogP contribution in [0.25, 0.3) is 0 Å². The molecule has 0 aromatic heterocycles. The maximum absolute atomic E-state index is 9.29. The molecule has 0 heterocycles. The van der Waals surface area contributed by atoms with Crippen molar-refractivity contribution >= 4 is 21.6 Å². The molecule has 2 rings (SSSR count). The van der Waals surface area contributed by atoms with E-state index in [2.05, 4.69) is 45.5 Å². The molecule has 2 aliphatic carbocycles. The molecule has 154 valence electrons. The molecule has 0 saturated heterocycles. The number of aliphatic hydroxyl groups excluding tert-OH is 2. The highest BCUT2D eigenvalue weighted by Crippen LogP contribution is 2.54. The van der Waals surface area contributed by atoms with Gasteiger partial charge in [-0.1, -0.05) is 60.1 Å². The molecule has 2 fully saturated rings. The predicted molar refractivity (Wildman–Crippen MR) is 116 cm³/mol. The van der Waals surface area contributed by atoms with Crippen LogP contribution in [0.3, 0.4) is 0 Å². The lowest BCUT2D eigenvalue weighted by Crippen LogP contribution is -2.44. The van der Waals surface area contributed by atoms with Crippen LogP contribution in [0, 0.1) is 0 Å². The monoisotopic (exact) mass is 404 g/mol. The van der Waals surface area contributed by atoms with Gasteiger partial charge in [-0.05, 0) is 39.8 Å². The standard InChI is InChI=1S/C20H40N2O2S2/c1-21(13-15-23)17-19(9-5-3-6-10-19)25-26-20(11-7-4-8-12-20)18-22(2)14-16-24/h23-24H,3-18H2,1-2H3. The fourth-order valence-corrected chi connectivity index (χ4v) is 8.78. The average Bonchev–Trinajstić information content (AvgIpc) is 2.62. The Balaban J connectivity index is 2.02. The van der Waals surface area contributed by atoms with E-state index in [4.69, 9.17) is 0 Å². The summed E-state index contributed by atoms with van der Waals surface area (Å²) >= 11 is 0. The third kappa shape index (κ3) is 7.17. The quantitative estimate of drug-likeness (QED) is 0.513. The SMILES string of the molecule is CN(CCO)CC1(SSC2(CN(C)CCO)CCCCC2)CCCCC1. The zero-order valence-corrected chi connectivity index (χ0v) is 18.6. The molecule has 0 spiro atoms. The fraction of sp³-hybridized carbons (Fsp3) is 1.00. The normalized spacial score (nSPS) is 22.8. The largest absolute Gasteiger partial charge is 0.395 e. The van der Waals surface area contributed by atoms with E-state index in [0.717, 1.165) is 26.2 Å². The van der Waals surface area contributed by atoms with Crippen molar-refractivity contribution in [3.05, 3.63) is 0 Å². The summed E-state index contributed by atoms with van der Waals surface area (Å²) in [6.07, 6.45) is 13.4. The third-order valence-corrected chi connectivity index (χ3v) is 10.2. The van der Waals surface area contributed by atoms with Crippen LogP contribution in [-0.4, -0.2) is 83.0 Å². The van der Waals surface area contributed by atoms with Gasteiger partial charge in [-0.25, -0.2) is 0 Å². The topological polar surface area (TPSA) is 46.9 Å². The Hall–Kier alpha value is 0.540. The predicted octanol–water partition coefficient (Wildman–Crippen LogP) is 3.62. The molecule has 0 amide bonds.